The van der Waals surface area contributed by atoms with E-state index in [1.165, 1.54) is 17.5 Å². The molecule has 2 heteroatoms. The molecule has 2 N–H and O–H groups in total. The molecular weight excluding hydrogens is 214 g/mol. The first-order chi connectivity index (χ1) is 7.54. The smallest absolute Gasteiger partial charge is 0.0448 e. The first-order valence-electron chi connectivity index (χ1n) is 6.02. The van der Waals surface area contributed by atoms with Crippen LogP contribution in [-0.4, -0.2) is 11.3 Å². The van der Waals surface area contributed by atoms with Gasteiger partial charge in [0.1, 0.15) is 0 Å². The predicted molar refractivity (Wildman–Crippen MR) is 74.9 cm³/mol. The Balaban J connectivity index is 2.85. The van der Waals surface area contributed by atoms with Crippen LogP contribution in [0.4, 0.5) is 0 Å². The fraction of sp³-hybridized carbons (Fsp3) is 0.571. The molecule has 1 aromatic carbocycles. The van der Waals surface area contributed by atoms with E-state index in [0.717, 1.165) is 0 Å². The van der Waals surface area contributed by atoms with Crippen molar-refractivity contribution in [2.75, 3.05) is 0 Å². The van der Waals surface area contributed by atoms with Crippen molar-refractivity contribution in [1.29, 1.82) is 0 Å². The van der Waals surface area contributed by atoms with Crippen molar-refractivity contribution in [2.24, 2.45) is 5.73 Å². The summed E-state index contributed by atoms with van der Waals surface area (Å²) in [7, 11) is 0. The van der Waals surface area contributed by atoms with Gasteiger partial charge in [0.05, 0.1) is 0 Å². The Morgan fingerprint density at radius 1 is 1.31 bits per heavy atom. The highest BCUT2D eigenvalue weighted by molar-refractivity contribution is 8.00. The summed E-state index contributed by atoms with van der Waals surface area (Å²) < 4.78 is 0. The quantitative estimate of drug-likeness (QED) is 0.840. The van der Waals surface area contributed by atoms with Crippen LogP contribution in [0.25, 0.3) is 0 Å². The van der Waals surface area contributed by atoms with E-state index >= 15 is 0 Å². The van der Waals surface area contributed by atoms with Gasteiger partial charge in [-0.15, -0.1) is 11.8 Å². The van der Waals surface area contributed by atoms with Gasteiger partial charge in [-0.05, 0) is 25.8 Å². The van der Waals surface area contributed by atoms with E-state index < -0.39 is 0 Å². The maximum absolute atomic E-state index is 6.10. The number of hydrogen-bond donors (Lipinski definition) is 1. The van der Waals surface area contributed by atoms with E-state index in [9.17, 15) is 0 Å². The lowest BCUT2D eigenvalue weighted by Crippen LogP contribution is -2.24. The standard InChI is InChI=1S/C14H23NS/c1-5-11(3)16-14(12(4)15)13-8-6-7-10(2)9-13/h6-9,11-12,14H,5,15H2,1-4H3. The highest BCUT2D eigenvalue weighted by Gasteiger charge is 2.19. The number of aryl methyl sites for hydroxylation is 1. The summed E-state index contributed by atoms with van der Waals surface area (Å²) in [6.07, 6.45) is 1.19. The first-order valence-corrected chi connectivity index (χ1v) is 6.96. The third-order valence-corrected chi connectivity index (χ3v) is 4.59. The number of benzene rings is 1. The van der Waals surface area contributed by atoms with Crippen molar-refractivity contribution in [2.45, 2.75) is 50.7 Å². The molecule has 0 aliphatic rings. The van der Waals surface area contributed by atoms with Crippen LogP contribution in [0.1, 0.15) is 43.6 Å². The average Bonchev–Trinajstić information content (AvgIpc) is 2.25. The van der Waals surface area contributed by atoms with E-state index in [1.54, 1.807) is 0 Å². The average molecular weight is 237 g/mol. The lowest BCUT2D eigenvalue weighted by atomic mass is 10.0. The van der Waals surface area contributed by atoms with Crippen LogP contribution < -0.4 is 5.73 Å². The SMILES string of the molecule is CCC(C)SC(c1cccc(C)c1)C(C)N. The Hall–Kier alpha value is -0.470. The zero-order chi connectivity index (χ0) is 12.1. The second-order valence-electron chi connectivity index (χ2n) is 4.55. The summed E-state index contributed by atoms with van der Waals surface area (Å²) in [6, 6.07) is 8.90. The molecule has 1 aromatic rings. The van der Waals surface area contributed by atoms with E-state index in [1.807, 2.05) is 11.8 Å². The molecule has 0 saturated carbocycles. The maximum Gasteiger partial charge on any atom is 0.0448 e. The van der Waals surface area contributed by atoms with Gasteiger partial charge in [-0.2, -0.15) is 0 Å². The minimum absolute atomic E-state index is 0.195. The normalized spacial score (nSPS) is 16.8. The molecule has 0 aliphatic carbocycles. The van der Waals surface area contributed by atoms with Crippen LogP contribution >= 0.6 is 11.8 Å². The Morgan fingerprint density at radius 2 is 2.00 bits per heavy atom. The van der Waals surface area contributed by atoms with Gasteiger partial charge in [0.2, 0.25) is 0 Å². The minimum Gasteiger partial charge on any atom is -0.327 e. The molecule has 0 aromatic heterocycles. The molecule has 0 amide bonds. The summed E-state index contributed by atoms with van der Waals surface area (Å²) in [5, 5.41) is 1.08. The molecule has 0 fully saturated rings. The van der Waals surface area contributed by atoms with Gasteiger partial charge in [0.25, 0.3) is 0 Å². The third kappa shape index (κ3) is 3.84. The molecular formula is C14H23NS. The van der Waals surface area contributed by atoms with Crippen molar-refractivity contribution in [3.05, 3.63) is 35.4 Å². The Morgan fingerprint density at radius 3 is 2.50 bits per heavy atom. The Kier molecular flexibility index (Phi) is 5.36. The van der Waals surface area contributed by atoms with Crippen LogP contribution in [0.2, 0.25) is 0 Å². The minimum atomic E-state index is 0.195. The third-order valence-electron chi connectivity index (χ3n) is 2.80. The van der Waals surface area contributed by atoms with Crippen LogP contribution in [0.3, 0.4) is 0 Å². The fourth-order valence-electron chi connectivity index (χ4n) is 1.70. The fourth-order valence-corrected chi connectivity index (χ4v) is 2.94. The van der Waals surface area contributed by atoms with Gasteiger partial charge in [-0.3, -0.25) is 0 Å². The molecule has 90 valence electrons. The Labute approximate surface area is 104 Å². The van der Waals surface area contributed by atoms with E-state index in [-0.39, 0.29) is 6.04 Å². The lowest BCUT2D eigenvalue weighted by Gasteiger charge is -2.24. The molecule has 3 atom stereocenters. The number of hydrogen-bond acceptors (Lipinski definition) is 2. The van der Waals surface area contributed by atoms with Crippen LogP contribution in [0.5, 0.6) is 0 Å². The van der Waals surface area contributed by atoms with Crippen LogP contribution in [0.15, 0.2) is 24.3 Å². The molecule has 0 saturated heterocycles. The Bertz CT molecular complexity index is 322. The molecule has 16 heavy (non-hydrogen) atoms. The van der Waals surface area contributed by atoms with Crippen molar-refractivity contribution < 1.29 is 0 Å². The van der Waals surface area contributed by atoms with Gasteiger partial charge in [0.15, 0.2) is 0 Å². The summed E-state index contributed by atoms with van der Waals surface area (Å²) in [5.74, 6) is 0. The van der Waals surface area contributed by atoms with Crippen molar-refractivity contribution in [3.8, 4) is 0 Å². The molecule has 1 rings (SSSR count). The topological polar surface area (TPSA) is 26.0 Å². The van der Waals surface area contributed by atoms with Crippen molar-refractivity contribution >= 4 is 11.8 Å². The summed E-state index contributed by atoms with van der Waals surface area (Å²) in [5.41, 5.74) is 8.78. The van der Waals surface area contributed by atoms with E-state index in [2.05, 4.69) is 52.0 Å². The van der Waals surface area contributed by atoms with Gasteiger partial charge in [0, 0.05) is 16.5 Å². The predicted octanol–water partition coefficient (Wildman–Crippen LogP) is 3.92. The van der Waals surface area contributed by atoms with Gasteiger partial charge < -0.3 is 5.73 Å². The zero-order valence-corrected chi connectivity index (χ0v) is 11.6. The summed E-state index contributed by atoms with van der Waals surface area (Å²) >= 11 is 1.99. The molecule has 0 aliphatic heterocycles. The van der Waals surface area contributed by atoms with Gasteiger partial charge in [-0.1, -0.05) is 43.7 Å². The molecule has 0 radical (unpaired) electrons. The molecule has 3 unspecified atom stereocenters. The van der Waals surface area contributed by atoms with E-state index in [4.69, 9.17) is 5.73 Å². The maximum atomic E-state index is 6.10. The highest BCUT2D eigenvalue weighted by Crippen LogP contribution is 2.35. The van der Waals surface area contributed by atoms with Gasteiger partial charge in [-0.25, -0.2) is 0 Å². The molecule has 0 heterocycles. The second kappa shape index (κ2) is 6.31. The van der Waals surface area contributed by atoms with Crippen molar-refractivity contribution in [1.82, 2.24) is 0 Å². The largest absolute Gasteiger partial charge is 0.327 e. The summed E-state index contributed by atoms with van der Waals surface area (Å²) in [4.78, 5) is 0. The van der Waals surface area contributed by atoms with Crippen LogP contribution in [0, 0.1) is 6.92 Å². The number of thioether (sulfide) groups is 1. The molecule has 0 spiro atoms. The molecule has 0 bridgehead atoms. The monoisotopic (exact) mass is 237 g/mol. The highest BCUT2D eigenvalue weighted by atomic mass is 32.2. The van der Waals surface area contributed by atoms with Crippen LogP contribution in [-0.2, 0) is 0 Å². The van der Waals surface area contributed by atoms with Crippen molar-refractivity contribution in [3.63, 3.8) is 0 Å². The summed E-state index contributed by atoms with van der Waals surface area (Å²) in [6.45, 7) is 8.74. The lowest BCUT2D eigenvalue weighted by molar-refractivity contribution is 0.714. The van der Waals surface area contributed by atoms with E-state index in [0.29, 0.717) is 10.5 Å². The first kappa shape index (κ1) is 13.6. The second-order valence-corrected chi connectivity index (χ2v) is 6.13. The number of nitrogens with two attached hydrogens (primary N) is 1. The van der Waals surface area contributed by atoms with Gasteiger partial charge >= 0.3 is 0 Å². The number of rotatable bonds is 5. The molecule has 1 nitrogen and oxygen atoms in total. The zero-order valence-electron chi connectivity index (χ0n) is 10.7.